The summed E-state index contributed by atoms with van der Waals surface area (Å²) in [6.45, 7) is 1.95. The normalized spacial score (nSPS) is 21.6. The summed E-state index contributed by atoms with van der Waals surface area (Å²) in [6, 6.07) is 4.63. The van der Waals surface area contributed by atoms with Crippen LogP contribution >= 0.6 is 0 Å². The SMILES string of the molecule is CCc1cc(OC)ccc1C(=O)NC1CCC(O)NC1=O. The fourth-order valence-electron chi connectivity index (χ4n) is 2.38. The Balaban J connectivity index is 2.11. The fourth-order valence-corrected chi connectivity index (χ4v) is 2.38. The van der Waals surface area contributed by atoms with Gasteiger partial charge < -0.3 is 20.5 Å². The number of hydrogen-bond donors (Lipinski definition) is 3. The van der Waals surface area contributed by atoms with Crippen LogP contribution in [0, 0.1) is 0 Å². The number of nitrogens with one attached hydrogen (secondary N) is 2. The van der Waals surface area contributed by atoms with E-state index in [4.69, 9.17) is 4.74 Å². The molecule has 2 unspecified atom stereocenters. The molecule has 0 saturated carbocycles. The maximum Gasteiger partial charge on any atom is 0.252 e. The standard InChI is InChI=1S/C15H20N2O4/c1-3-9-8-10(21-2)4-5-11(9)14(19)16-12-6-7-13(18)17-15(12)20/h4-5,8,12-13,18H,3,6-7H2,1-2H3,(H,16,19)(H,17,20). The number of aliphatic hydroxyl groups excluding tert-OH is 1. The second kappa shape index (κ2) is 6.58. The lowest BCUT2D eigenvalue weighted by Gasteiger charge is -2.26. The van der Waals surface area contributed by atoms with Crippen LogP contribution in [0.5, 0.6) is 5.75 Å². The first-order valence-electron chi connectivity index (χ1n) is 7.01. The van der Waals surface area contributed by atoms with Gasteiger partial charge in [-0.1, -0.05) is 6.92 Å². The Morgan fingerprint density at radius 3 is 2.86 bits per heavy atom. The molecule has 0 spiro atoms. The molecule has 2 amide bonds. The van der Waals surface area contributed by atoms with Gasteiger partial charge in [0, 0.05) is 5.56 Å². The highest BCUT2D eigenvalue weighted by Gasteiger charge is 2.28. The predicted octanol–water partition coefficient (Wildman–Crippen LogP) is 0.584. The molecule has 1 aromatic carbocycles. The Bertz CT molecular complexity index is 544. The number of piperidine rings is 1. The molecule has 0 radical (unpaired) electrons. The zero-order valence-electron chi connectivity index (χ0n) is 12.2. The van der Waals surface area contributed by atoms with Crippen LogP contribution < -0.4 is 15.4 Å². The van der Waals surface area contributed by atoms with Crippen molar-refractivity contribution in [3.8, 4) is 5.75 Å². The van der Waals surface area contributed by atoms with Crippen LogP contribution in [0.4, 0.5) is 0 Å². The molecule has 1 saturated heterocycles. The van der Waals surface area contributed by atoms with E-state index in [-0.39, 0.29) is 11.8 Å². The molecule has 3 N–H and O–H groups in total. The Labute approximate surface area is 123 Å². The zero-order chi connectivity index (χ0) is 15.4. The topological polar surface area (TPSA) is 87.7 Å². The lowest BCUT2D eigenvalue weighted by Crippen LogP contribution is -2.53. The van der Waals surface area contributed by atoms with Crippen molar-refractivity contribution in [2.75, 3.05) is 7.11 Å². The van der Waals surface area contributed by atoms with Gasteiger partial charge in [0.15, 0.2) is 0 Å². The molecule has 0 bridgehead atoms. The molecule has 21 heavy (non-hydrogen) atoms. The van der Waals surface area contributed by atoms with Crippen molar-refractivity contribution in [2.45, 2.75) is 38.5 Å². The molecule has 6 heteroatoms. The van der Waals surface area contributed by atoms with E-state index in [2.05, 4.69) is 10.6 Å². The van der Waals surface area contributed by atoms with Gasteiger partial charge >= 0.3 is 0 Å². The highest BCUT2D eigenvalue weighted by Crippen LogP contribution is 2.19. The Morgan fingerprint density at radius 2 is 2.24 bits per heavy atom. The van der Waals surface area contributed by atoms with E-state index in [1.165, 1.54) is 0 Å². The summed E-state index contributed by atoms with van der Waals surface area (Å²) in [5, 5.41) is 14.5. The molecule has 1 fully saturated rings. The van der Waals surface area contributed by atoms with E-state index in [0.29, 0.717) is 30.6 Å². The molecule has 114 valence electrons. The summed E-state index contributed by atoms with van der Waals surface area (Å²) in [4.78, 5) is 24.0. The first kappa shape index (κ1) is 15.3. The monoisotopic (exact) mass is 292 g/mol. The van der Waals surface area contributed by atoms with Crippen LogP contribution in [0.1, 0.15) is 35.7 Å². The largest absolute Gasteiger partial charge is 0.497 e. The third-order valence-electron chi connectivity index (χ3n) is 3.60. The van der Waals surface area contributed by atoms with E-state index in [1.54, 1.807) is 19.2 Å². The molecule has 1 heterocycles. The minimum atomic E-state index is -0.821. The molecule has 2 atom stereocenters. The number of rotatable bonds is 4. The Hall–Kier alpha value is -2.08. The Kier molecular flexibility index (Phi) is 4.80. The van der Waals surface area contributed by atoms with E-state index >= 15 is 0 Å². The van der Waals surface area contributed by atoms with Crippen LogP contribution in [0.3, 0.4) is 0 Å². The van der Waals surface area contributed by atoms with Crippen LogP contribution in [-0.4, -0.2) is 36.3 Å². The van der Waals surface area contributed by atoms with Gasteiger partial charge in [0.05, 0.1) is 7.11 Å². The lowest BCUT2D eigenvalue weighted by molar-refractivity contribution is -0.128. The molecule has 0 aromatic heterocycles. The summed E-state index contributed by atoms with van der Waals surface area (Å²) in [6.07, 6.45) is 0.726. The van der Waals surface area contributed by atoms with Gasteiger partial charge in [0.2, 0.25) is 5.91 Å². The van der Waals surface area contributed by atoms with Gasteiger partial charge in [-0.2, -0.15) is 0 Å². The van der Waals surface area contributed by atoms with Crippen molar-refractivity contribution in [1.29, 1.82) is 0 Å². The van der Waals surface area contributed by atoms with E-state index < -0.39 is 12.3 Å². The number of amides is 2. The number of carbonyl (C=O) groups is 2. The lowest BCUT2D eigenvalue weighted by atomic mass is 10.0. The molecule has 1 aliphatic heterocycles. The molecule has 2 rings (SSSR count). The van der Waals surface area contributed by atoms with Crippen molar-refractivity contribution in [3.05, 3.63) is 29.3 Å². The Morgan fingerprint density at radius 1 is 1.48 bits per heavy atom. The number of methoxy groups -OCH3 is 1. The van der Waals surface area contributed by atoms with E-state index in [0.717, 1.165) is 5.56 Å². The molecular weight excluding hydrogens is 272 g/mol. The van der Waals surface area contributed by atoms with Crippen molar-refractivity contribution < 1.29 is 19.4 Å². The number of aliphatic hydroxyl groups is 1. The minimum Gasteiger partial charge on any atom is -0.497 e. The van der Waals surface area contributed by atoms with Gasteiger partial charge in [-0.05, 0) is 43.0 Å². The third kappa shape index (κ3) is 3.52. The molecule has 0 aliphatic carbocycles. The van der Waals surface area contributed by atoms with E-state index in [1.807, 2.05) is 13.0 Å². The first-order chi connectivity index (χ1) is 10.0. The number of benzene rings is 1. The molecule has 1 aliphatic rings. The smallest absolute Gasteiger partial charge is 0.252 e. The summed E-state index contributed by atoms with van der Waals surface area (Å²) < 4.78 is 5.15. The minimum absolute atomic E-state index is 0.286. The van der Waals surface area contributed by atoms with Crippen molar-refractivity contribution in [2.24, 2.45) is 0 Å². The molecule has 6 nitrogen and oxygen atoms in total. The zero-order valence-corrected chi connectivity index (χ0v) is 12.2. The summed E-state index contributed by atoms with van der Waals surface area (Å²) in [5.74, 6) is 0.0571. The van der Waals surface area contributed by atoms with Gasteiger partial charge in [-0.25, -0.2) is 0 Å². The average molecular weight is 292 g/mol. The quantitative estimate of drug-likeness (QED) is 0.757. The molecule has 1 aromatic rings. The van der Waals surface area contributed by atoms with Gasteiger partial charge in [0.1, 0.15) is 18.0 Å². The van der Waals surface area contributed by atoms with Gasteiger partial charge in [0.25, 0.3) is 5.91 Å². The van der Waals surface area contributed by atoms with Crippen molar-refractivity contribution in [3.63, 3.8) is 0 Å². The predicted molar refractivity (Wildman–Crippen MR) is 77.0 cm³/mol. The second-order valence-electron chi connectivity index (χ2n) is 5.00. The highest BCUT2D eigenvalue weighted by molar-refractivity contribution is 5.99. The number of ether oxygens (including phenoxy) is 1. The third-order valence-corrected chi connectivity index (χ3v) is 3.60. The van der Waals surface area contributed by atoms with E-state index in [9.17, 15) is 14.7 Å². The summed E-state index contributed by atoms with van der Waals surface area (Å²) in [5.41, 5.74) is 1.40. The summed E-state index contributed by atoms with van der Waals surface area (Å²) >= 11 is 0. The van der Waals surface area contributed by atoms with Crippen LogP contribution in [0.25, 0.3) is 0 Å². The first-order valence-corrected chi connectivity index (χ1v) is 7.01. The van der Waals surface area contributed by atoms with Crippen LogP contribution in [0.2, 0.25) is 0 Å². The maximum absolute atomic E-state index is 12.3. The number of aryl methyl sites for hydroxylation is 1. The van der Waals surface area contributed by atoms with Crippen LogP contribution in [-0.2, 0) is 11.2 Å². The number of carbonyl (C=O) groups excluding carboxylic acids is 2. The van der Waals surface area contributed by atoms with Gasteiger partial charge in [-0.15, -0.1) is 0 Å². The van der Waals surface area contributed by atoms with Gasteiger partial charge in [-0.3, -0.25) is 9.59 Å². The number of hydrogen-bond acceptors (Lipinski definition) is 4. The van der Waals surface area contributed by atoms with Crippen molar-refractivity contribution >= 4 is 11.8 Å². The van der Waals surface area contributed by atoms with Crippen LogP contribution in [0.15, 0.2) is 18.2 Å². The second-order valence-corrected chi connectivity index (χ2v) is 5.00. The highest BCUT2D eigenvalue weighted by atomic mass is 16.5. The fraction of sp³-hybridized carbons (Fsp3) is 0.467. The van der Waals surface area contributed by atoms with Crippen molar-refractivity contribution in [1.82, 2.24) is 10.6 Å². The maximum atomic E-state index is 12.3. The molecular formula is C15H20N2O4. The summed E-state index contributed by atoms with van der Waals surface area (Å²) in [7, 11) is 1.58. The average Bonchev–Trinajstić information content (AvgIpc) is 2.49.